The average Bonchev–Trinajstić information content (AvgIpc) is 2.62. The van der Waals surface area contributed by atoms with Crippen molar-refractivity contribution in [3.05, 3.63) is 5.82 Å². The number of morpholine rings is 1. The van der Waals surface area contributed by atoms with Crippen molar-refractivity contribution >= 4 is 5.95 Å². The van der Waals surface area contributed by atoms with Gasteiger partial charge in [-0.15, -0.1) is 10.2 Å². The first-order valence-electron chi connectivity index (χ1n) is 5.19. The number of nitrogens with zero attached hydrogens (tertiary/aromatic N) is 3. The van der Waals surface area contributed by atoms with Crippen LogP contribution < -0.4 is 10.6 Å². The van der Waals surface area contributed by atoms with Crippen molar-refractivity contribution in [2.45, 2.75) is 12.5 Å². The summed E-state index contributed by atoms with van der Waals surface area (Å²) in [5.41, 5.74) is 0. The molecule has 0 radical (unpaired) electrons. The van der Waals surface area contributed by atoms with E-state index >= 15 is 0 Å². The molecule has 2 N–H and O–H groups in total. The first-order chi connectivity index (χ1) is 7.31. The van der Waals surface area contributed by atoms with E-state index in [1.165, 1.54) is 0 Å². The molecule has 0 spiro atoms. The maximum Gasteiger partial charge on any atom is 0.224 e. The van der Waals surface area contributed by atoms with Crippen LogP contribution in [0.2, 0.25) is 0 Å². The minimum absolute atomic E-state index is 0.214. The normalized spacial score (nSPS) is 21.6. The number of aromatic nitrogens is 3. The molecule has 0 saturated carbocycles. The third-order valence-corrected chi connectivity index (χ3v) is 2.60. The fourth-order valence-corrected chi connectivity index (χ4v) is 1.71. The lowest BCUT2D eigenvalue weighted by Crippen LogP contribution is -2.40. The summed E-state index contributed by atoms with van der Waals surface area (Å²) < 4.78 is 7.57. The second-order valence-corrected chi connectivity index (χ2v) is 3.65. The highest BCUT2D eigenvalue weighted by molar-refractivity contribution is 5.23. The summed E-state index contributed by atoms with van der Waals surface area (Å²) >= 11 is 0. The van der Waals surface area contributed by atoms with Gasteiger partial charge in [-0.2, -0.15) is 0 Å². The molecule has 0 aromatic carbocycles. The molecule has 1 fully saturated rings. The Bertz CT molecular complexity index is 318. The molecular weight excluding hydrogens is 194 g/mol. The van der Waals surface area contributed by atoms with E-state index in [9.17, 15) is 0 Å². The summed E-state index contributed by atoms with van der Waals surface area (Å²) in [4.78, 5) is 0. The number of anilines is 1. The summed E-state index contributed by atoms with van der Waals surface area (Å²) in [6.45, 7) is 2.61. The van der Waals surface area contributed by atoms with Gasteiger partial charge in [0.2, 0.25) is 5.95 Å². The fraction of sp³-hybridized carbons (Fsp3) is 0.778. The van der Waals surface area contributed by atoms with E-state index in [-0.39, 0.29) is 6.10 Å². The molecule has 0 aliphatic carbocycles. The zero-order chi connectivity index (χ0) is 10.7. The van der Waals surface area contributed by atoms with Crippen molar-refractivity contribution in [3.63, 3.8) is 0 Å². The van der Waals surface area contributed by atoms with Crippen LogP contribution >= 0.6 is 0 Å². The van der Waals surface area contributed by atoms with Gasteiger partial charge < -0.3 is 19.9 Å². The molecule has 6 nitrogen and oxygen atoms in total. The number of hydrogen-bond donors (Lipinski definition) is 2. The monoisotopic (exact) mass is 211 g/mol. The maximum atomic E-state index is 5.62. The Balaban J connectivity index is 2.00. The van der Waals surface area contributed by atoms with Crippen molar-refractivity contribution in [1.29, 1.82) is 0 Å². The first kappa shape index (κ1) is 10.4. The van der Waals surface area contributed by atoms with E-state index in [0.29, 0.717) is 0 Å². The standard InChI is InChI=1S/C9H17N5O/c1-10-9-13-12-8(14(9)2)5-7-6-11-3-4-15-7/h7,11H,3-6H2,1-2H3,(H,10,13). The van der Waals surface area contributed by atoms with Crippen molar-refractivity contribution in [2.75, 3.05) is 32.1 Å². The Morgan fingerprint density at radius 3 is 3.07 bits per heavy atom. The smallest absolute Gasteiger partial charge is 0.224 e. The quantitative estimate of drug-likeness (QED) is 0.698. The van der Waals surface area contributed by atoms with Gasteiger partial charge in [0.05, 0.1) is 12.7 Å². The summed E-state index contributed by atoms with van der Waals surface area (Å²) in [5.74, 6) is 1.74. The average molecular weight is 211 g/mol. The second-order valence-electron chi connectivity index (χ2n) is 3.65. The number of nitrogens with one attached hydrogen (secondary N) is 2. The van der Waals surface area contributed by atoms with Gasteiger partial charge in [0.25, 0.3) is 0 Å². The molecule has 1 atom stereocenters. The molecule has 1 unspecified atom stereocenters. The maximum absolute atomic E-state index is 5.62. The van der Waals surface area contributed by atoms with Gasteiger partial charge in [-0.1, -0.05) is 0 Å². The molecule has 1 aliphatic heterocycles. The van der Waals surface area contributed by atoms with E-state index < -0.39 is 0 Å². The Kier molecular flexibility index (Phi) is 3.17. The van der Waals surface area contributed by atoms with Gasteiger partial charge >= 0.3 is 0 Å². The molecule has 1 aliphatic rings. The highest BCUT2D eigenvalue weighted by atomic mass is 16.5. The van der Waals surface area contributed by atoms with E-state index in [1.807, 2.05) is 18.7 Å². The molecule has 1 aromatic heterocycles. The van der Waals surface area contributed by atoms with E-state index in [2.05, 4.69) is 20.8 Å². The van der Waals surface area contributed by atoms with Crippen molar-refractivity contribution in [1.82, 2.24) is 20.1 Å². The third kappa shape index (κ3) is 2.27. The van der Waals surface area contributed by atoms with E-state index in [1.54, 1.807) is 0 Å². The van der Waals surface area contributed by atoms with Crippen molar-refractivity contribution in [3.8, 4) is 0 Å². The third-order valence-electron chi connectivity index (χ3n) is 2.60. The Labute approximate surface area is 89.0 Å². The van der Waals surface area contributed by atoms with Gasteiger partial charge in [0.1, 0.15) is 5.82 Å². The molecule has 2 heterocycles. The Hall–Kier alpha value is -1.14. The highest BCUT2D eigenvalue weighted by Crippen LogP contribution is 2.08. The van der Waals surface area contributed by atoms with Crippen LogP contribution in [0.3, 0.4) is 0 Å². The molecule has 2 rings (SSSR count). The lowest BCUT2D eigenvalue weighted by molar-refractivity contribution is 0.0276. The molecule has 0 amide bonds. The zero-order valence-corrected chi connectivity index (χ0v) is 9.16. The SMILES string of the molecule is CNc1nnc(CC2CNCCO2)n1C. The minimum Gasteiger partial charge on any atom is -0.375 e. The lowest BCUT2D eigenvalue weighted by atomic mass is 10.2. The fourth-order valence-electron chi connectivity index (χ4n) is 1.71. The predicted octanol–water partition coefficient (Wildman–Crippen LogP) is -0.612. The van der Waals surface area contributed by atoms with Crippen LogP contribution in [0.4, 0.5) is 5.95 Å². The van der Waals surface area contributed by atoms with E-state index in [0.717, 1.165) is 37.9 Å². The molecule has 15 heavy (non-hydrogen) atoms. The van der Waals surface area contributed by atoms with Gasteiger partial charge in [-0.25, -0.2) is 0 Å². The predicted molar refractivity (Wildman–Crippen MR) is 56.9 cm³/mol. The molecular formula is C9H17N5O. The van der Waals surface area contributed by atoms with Crippen LogP contribution in [0, 0.1) is 0 Å². The van der Waals surface area contributed by atoms with Crippen LogP contribution in [0.1, 0.15) is 5.82 Å². The van der Waals surface area contributed by atoms with Crippen LogP contribution in [0.5, 0.6) is 0 Å². The van der Waals surface area contributed by atoms with Gasteiger partial charge in [-0.3, -0.25) is 0 Å². The molecule has 1 aromatic rings. The summed E-state index contributed by atoms with van der Waals surface area (Å²) in [5, 5.41) is 14.4. The van der Waals surface area contributed by atoms with Crippen LogP contribution in [0.25, 0.3) is 0 Å². The van der Waals surface area contributed by atoms with Gasteiger partial charge in [0, 0.05) is 33.6 Å². The summed E-state index contributed by atoms with van der Waals surface area (Å²) in [6.07, 6.45) is 1.02. The molecule has 1 saturated heterocycles. The second kappa shape index (κ2) is 4.59. The Morgan fingerprint density at radius 1 is 1.60 bits per heavy atom. The van der Waals surface area contributed by atoms with Crippen molar-refractivity contribution < 1.29 is 4.74 Å². The minimum atomic E-state index is 0.214. The van der Waals surface area contributed by atoms with Crippen molar-refractivity contribution in [2.24, 2.45) is 7.05 Å². The van der Waals surface area contributed by atoms with Gasteiger partial charge in [0.15, 0.2) is 0 Å². The van der Waals surface area contributed by atoms with E-state index in [4.69, 9.17) is 4.74 Å². The first-order valence-corrected chi connectivity index (χ1v) is 5.19. The van der Waals surface area contributed by atoms with Crippen LogP contribution in [0.15, 0.2) is 0 Å². The topological polar surface area (TPSA) is 64.0 Å². The Morgan fingerprint density at radius 2 is 2.47 bits per heavy atom. The number of hydrogen-bond acceptors (Lipinski definition) is 5. The van der Waals surface area contributed by atoms with Crippen LogP contribution in [-0.2, 0) is 18.2 Å². The molecule has 6 heteroatoms. The zero-order valence-electron chi connectivity index (χ0n) is 9.16. The van der Waals surface area contributed by atoms with Gasteiger partial charge in [-0.05, 0) is 0 Å². The number of rotatable bonds is 3. The molecule has 0 bridgehead atoms. The van der Waals surface area contributed by atoms with Crippen LogP contribution in [-0.4, -0.2) is 47.6 Å². The number of ether oxygens (including phenoxy) is 1. The summed E-state index contributed by atoms with van der Waals surface area (Å²) in [6, 6.07) is 0. The molecule has 84 valence electrons. The summed E-state index contributed by atoms with van der Waals surface area (Å²) in [7, 11) is 3.80. The highest BCUT2D eigenvalue weighted by Gasteiger charge is 2.17. The largest absolute Gasteiger partial charge is 0.375 e. The lowest BCUT2D eigenvalue weighted by Gasteiger charge is -2.23.